The van der Waals surface area contributed by atoms with Gasteiger partial charge >= 0.3 is 0 Å². The van der Waals surface area contributed by atoms with Crippen molar-refractivity contribution in [2.24, 2.45) is 0 Å². The molecule has 0 amide bonds. The first-order valence-corrected chi connectivity index (χ1v) is 6.73. The van der Waals surface area contributed by atoms with E-state index in [-0.39, 0.29) is 10.4 Å². The lowest BCUT2D eigenvalue weighted by Gasteiger charge is -2.13. The maximum Gasteiger partial charge on any atom is 0.177 e. The first kappa shape index (κ1) is 10.6. The molecule has 0 saturated heterocycles. The zero-order chi connectivity index (χ0) is 11.1. The minimum atomic E-state index is -3.13. The van der Waals surface area contributed by atoms with Gasteiger partial charge < -0.3 is 5.32 Å². The van der Waals surface area contributed by atoms with E-state index in [9.17, 15) is 8.42 Å². The highest BCUT2D eigenvalue weighted by Crippen LogP contribution is 2.43. The number of nitrogens with zero attached hydrogens (tertiary/aromatic N) is 1. The molecule has 0 atom stereocenters. The third kappa shape index (κ3) is 1.89. The van der Waals surface area contributed by atoms with Crippen molar-refractivity contribution in [3.63, 3.8) is 0 Å². The molecule has 4 nitrogen and oxygen atoms in total. The summed E-state index contributed by atoms with van der Waals surface area (Å²) in [5.41, 5.74) is 0.924. The average molecular weight is 226 g/mol. The number of sulfone groups is 1. The van der Waals surface area contributed by atoms with Gasteiger partial charge in [-0.15, -0.1) is 0 Å². The summed E-state index contributed by atoms with van der Waals surface area (Å²) >= 11 is 0. The van der Waals surface area contributed by atoms with Gasteiger partial charge in [0.1, 0.15) is 0 Å². The van der Waals surface area contributed by atoms with Crippen molar-refractivity contribution in [1.82, 2.24) is 10.3 Å². The van der Waals surface area contributed by atoms with E-state index in [1.54, 1.807) is 12.1 Å². The number of hydrogen-bond acceptors (Lipinski definition) is 4. The van der Waals surface area contributed by atoms with E-state index in [1.165, 1.54) is 12.5 Å². The standard InChI is InChI=1S/C10H14N2O2S/c1-11-10(5-6-10)9-4-3-8(7-12-9)15(2,13)14/h3-4,7,11H,5-6H2,1-2H3. The average Bonchev–Trinajstić information content (AvgIpc) is 2.97. The van der Waals surface area contributed by atoms with Gasteiger partial charge in [0.25, 0.3) is 0 Å². The highest BCUT2D eigenvalue weighted by atomic mass is 32.2. The molecule has 2 rings (SSSR count). The molecule has 0 aliphatic heterocycles. The van der Waals surface area contributed by atoms with Crippen molar-refractivity contribution in [3.05, 3.63) is 24.0 Å². The molecular weight excluding hydrogens is 212 g/mol. The van der Waals surface area contributed by atoms with Gasteiger partial charge in [-0.05, 0) is 32.0 Å². The predicted molar refractivity (Wildman–Crippen MR) is 57.3 cm³/mol. The Labute approximate surface area is 89.6 Å². The summed E-state index contributed by atoms with van der Waals surface area (Å²) in [4.78, 5) is 4.48. The Morgan fingerprint density at radius 2 is 2.07 bits per heavy atom. The van der Waals surface area contributed by atoms with Crippen LogP contribution in [0.3, 0.4) is 0 Å². The number of pyridine rings is 1. The topological polar surface area (TPSA) is 59.1 Å². The Bertz CT molecular complexity index is 461. The molecule has 0 radical (unpaired) electrons. The van der Waals surface area contributed by atoms with Crippen LogP contribution in [0, 0.1) is 0 Å². The lowest BCUT2D eigenvalue weighted by Crippen LogP contribution is -2.25. The SMILES string of the molecule is CNC1(c2ccc(S(C)(=O)=O)cn2)CC1. The number of rotatable bonds is 3. The van der Waals surface area contributed by atoms with Crippen LogP contribution >= 0.6 is 0 Å². The molecule has 1 aliphatic rings. The van der Waals surface area contributed by atoms with Crippen molar-refractivity contribution in [2.75, 3.05) is 13.3 Å². The second-order valence-corrected chi connectivity index (χ2v) is 6.00. The van der Waals surface area contributed by atoms with Gasteiger partial charge in [-0.3, -0.25) is 4.98 Å². The van der Waals surface area contributed by atoms with E-state index in [4.69, 9.17) is 0 Å². The van der Waals surface area contributed by atoms with Crippen LogP contribution < -0.4 is 5.32 Å². The Morgan fingerprint density at radius 1 is 1.40 bits per heavy atom. The van der Waals surface area contributed by atoms with E-state index in [1.807, 2.05) is 7.05 Å². The number of hydrogen-bond donors (Lipinski definition) is 1. The maximum atomic E-state index is 11.2. The zero-order valence-corrected chi connectivity index (χ0v) is 9.63. The van der Waals surface area contributed by atoms with Crippen LogP contribution in [0.25, 0.3) is 0 Å². The molecule has 5 heteroatoms. The third-order valence-electron chi connectivity index (χ3n) is 2.88. The third-order valence-corrected chi connectivity index (χ3v) is 3.98. The minimum absolute atomic E-state index is 0.00394. The summed E-state index contributed by atoms with van der Waals surface area (Å²) in [6.07, 6.45) is 4.75. The molecule has 1 heterocycles. The Morgan fingerprint density at radius 3 is 2.40 bits per heavy atom. The number of aromatic nitrogens is 1. The van der Waals surface area contributed by atoms with Gasteiger partial charge in [0.15, 0.2) is 9.84 Å². The van der Waals surface area contributed by atoms with Crippen molar-refractivity contribution >= 4 is 9.84 Å². The van der Waals surface area contributed by atoms with Crippen LogP contribution in [0.15, 0.2) is 23.2 Å². The Balaban J connectivity index is 2.33. The van der Waals surface area contributed by atoms with Crippen molar-refractivity contribution < 1.29 is 8.42 Å². The molecule has 1 fully saturated rings. The van der Waals surface area contributed by atoms with Gasteiger partial charge in [0, 0.05) is 12.5 Å². The van der Waals surface area contributed by atoms with Crippen molar-refractivity contribution in [3.8, 4) is 0 Å². The summed E-state index contributed by atoms with van der Waals surface area (Å²) in [6.45, 7) is 0. The van der Waals surface area contributed by atoms with E-state index < -0.39 is 9.84 Å². The zero-order valence-electron chi connectivity index (χ0n) is 8.82. The molecule has 0 bridgehead atoms. The molecule has 0 unspecified atom stereocenters. The van der Waals surface area contributed by atoms with Gasteiger partial charge in [0.2, 0.25) is 0 Å². The molecule has 15 heavy (non-hydrogen) atoms. The van der Waals surface area contributed by atoms with Crippen LogP contribution in [0.2, 0.25) is 0 Å². The second kappa shape index (κ2) is 3.28. The van der Waals surface area contributed by atoms with Crippen LogP contribution in [0.5, 0.6) is 0 Å². The first-order valence-electron chi connectivity index (χ1n) is 4.83. The Hall–Kier alpha value is -0.940. The minimum Gasteiger partial charge on any atom is -0.309 e. The van der Waals surface area contributed by atoms with Crippen molar-refractivity contribution in [1.29, 1.82) is 0 Å². The maximum absolute atomic E-state index is 11.2. The van der Waals surface area contributed by atoms with Crippen LogP contribution in [-0.2, 0) is 15.4 Å². The van der Waals surface area contributed by atoms with E-state index in [2.05, 4.69) is 10.3 Å². The summed E-state index contributed by atoms with van der Waals surface area (Å²) < 4.78 is 22.4. The predicted octanol–water partition coefficient (Wildman–Crippen LogP) is 0.694. The Kier molecular flexibility index (Phi) is 2.31. The molecule has 0 spiro atoms. The monoisotopic (exact) mass is 226 g/mol. The number of nitrogens with one attached hydrogen (secondary N) is 1. The van der Waals surface area contributed by atoms with E-state index >= 15 is 0 Å². The lowest BCUT2D eigenvalue weighted by atomic mass is 10.1. The smallest absolute Gasteiger partial charge is 0.177 e. The molecule has 1 N–H and O–H groups in total. The molecular formula is C10H14N2O2S. The summed E-state index contributed by atoms with van der Waals surface area (Å²) in [5.74, 6) is 0. The molecule has 82 valence electrons. The quantitative estimate of drug-likeness (QED) is 0.824. The fourth-order valence-electron chi connectivity index (χ4n) is 1.64. The van der Waals surface area contributed by atoms with Crippen LogP contribution in [0.1, 0.15) is 18.5 Å². The summed E-state index contributed by atoms with van der Waals surface area (Å²) in [7, 11) is -1.23. The summed E-state index contributed by atoms with van der Waals surface area (Å²) in [6, 6.07) is 3.41. The molecule has 1 aromatic rings. The van der Waals surface area contributed by atoms with Gasteiger partial charge in [-0.25, -0.2) is 8.42 Å². The second-order valence-electron chi connectivity index (χ2n) is 3.98. The highest BCUT2D eigenvalue weighted by Gasteiger charge is 2.44. The summed E-state index contributed by atoms with van der Waals surface area (Å²) in [5, 5.41) is 3.21. The van der Waals surface area contributed by atoms with E-state index in [0.29, 0.717) is 0 Å². The molecule has 0 aromatic carbocycles. The molecule has 1 aromatic heterocycles. The lowest BCUT2D eigenvalue weighted by molar-refractivity contribution is 0.565. The van der Waals surface area contributed by atoms with Crippen molar-refractivity contribution in [2.45, 2.75) is 23.3 Å². The molecule has 1 saturated carbocycles. The largest absolute Gasteiger partial charge is 0.309 e. The highest BCUT2D eigenvalue weighted by molar-refractivity contribution is 7.90. The van der Waals surface area contributed by atoms with Gasteiger partial charge in [-0.2, -0.15) is 0 Å². The van der Waals surface area contributed by atoms with Gasteiger partial charge in [0.05, 0.1) is 16.1 Å². The van der Waals surface area contributed by atoms with Gasteiger partial charge in [-0.1, -0.05) is 0 Å². The van der Waals surface area contributed by atoms with Crippen LogP contribution in [-0.4, -0.2) is 26.7 Å². The fourth-order valence-corrected chi connectivity index (χ4v) is 2.20. The molecule has 1 aliphatic carbocycles. The first-order chi connectivity index (χ1) is 6.98. The fraction of sp³-hybridized carbons (Fsp3) is 0.500. The van der Waals surface area contributed by atoms with Crippen LogP contribution in [0.4, 0.5) is 0 Å². The van der Waals surface area contributed by atoms with E-state index in [0.717, 1.165) is 18.5 Å². The normalized spacial score (nSPS) is 18.8.